The van der Waals surface area contributed by atoms with Gasteiger partial charge in [-0.2, -0.15) is 0 Å². The van der Waals surface area contributed by atoms with Crippen LogP contribution < -0.4 is 0 Å². The molecule has 6 heteroatoms. The fraction of sp³-hybridized carbons (Fsp3) is 0.304. The summed E-state index contributed by atoms with van der Waals surface area (Å²) < 4.78 is 5.66. The zero-order valence-corrected chi connectivity index (χ0v) is 16.7. The lowest BCUT2D eigenvalue weighted by Crippen LogP contribution is -2.24. The summed E-state index contributed by atoms with van der Waals surface area (Å²) in [6, 6.07) is 21.0. The smallest absolute Gasteiger partial charge is 0.414 e. The number of rotatable bonds is 10. The first-order valence-corrected chi connectivity index (χ1v) is 9.47. The normalized spacial score (nSPS) is 10.6. The summed E-state index contributed by atoms with van der Waals surface area (Å²) in [7, 11) is 2.16. The molecule has 0 amide bonds. The van der Waals surface area contributed by atoms with Crippen LogP contribution in [0.1, 0.15) is 17.5 Å². The molecule has 0 fully saturated rings. The molecule has 0 spiro atoms. The Morgan fingerprint density at radius 1 is 0.931 bits per heavy atom. The second-order valence-electron chi connectivity index (χ2n) is 6.39. The van der Waals surface area contributed by atoms with Crippen LogP contribution in [0.2, 0.25) is 0 Å². The van der Waals surface area contributed by atoms with Gasteiger partial charge < -0.3 is 19.8 Å². The summed E-state index contributed by atoms with van der Waals surface area (Å²) in [5.74, 6) is -3.65. The highest BCUT2D eigenvalue weighted by molar-refractivity contribution is 6.27. The van der Waals surface area contributed by atoms with Crippen LogP contribution in [0.3, 0.4) is 0 Å². The highest BCUT2D eigenvalue weighted by Gasteiger charge is 2.04. The number of carboxylic acids is 2. The Bertz CT molecular complexity index is 719. The Morgan fingerprint density at radius 2 is 1.52 bits per heavy atom. The van der Waals surface area contributed by atoms with E-state index in [1.807, 2.05) is 18.2 Å². The third kappa shape index (κ3) is 12.9. The maximum absolute atomic E-state index is 9.10. The summed E-state index contributed by atoms with van der Waals surface area (Å²) in [4.78, 5) is 20.5. The summed E-state index contributed by atoms with van der Waals surface area (Å²) in [5, 5.41) is 14.8. The Kier molecular flexibility index (Phi) is 12.5. The third-order valence-electron chi connectivity index (χ3n) is 3.97. The van der Waals surface area contributed by atoms with Crippen molar-refractivity contribution in [2.45, 2.75) is 12.8 Å². The average Bonchev–Trinajstić information content (AvgIpc) is 2.72. The number of aliphatic carboxylic acids is 2. The van der Waals surface area contributed by atoms with E-state index in [4.69, 9.17) is 24.5 Å². The summed E-state index contributed by atoms with van der Waals surface area (Å²) in [5.41, 5.74) is 2.64. The van der Waals surface area contributed by atoms with Crippen molar-refractivity contribution in [2.75, 3.05) is 33.4 Å². The minimum absolute atomic E-state index is 0.673. The minimum Gasteiger partial charge on any atom is -0.473 e. The van der Waals surface area contributed by atoms with Gasteiger partial charge in [-0.3, -0.25) is 0 Å². The summed E-state index contributed by atoms with van der Waals surface area (Å²) in [6.45, 7) is 3.54. The molecular formula is C23H29NO5. The zero-order chi connectivity index (χ0) is 21.3. The average molecular weight is 399 g/mol. The number of aryl methyl sites for hydroxylation is 1. The predicted molar refractivity (Wildman–Crippen MR) is 114 cm³/mol. The second kappa shape index (κ2) is 15.0. The van der Waals surface area contributed by atoms with Gasteiger partial charge in [0.2, 0.25) is 0 Å². The van der Waals surface area contributed by atoms with Crippen molar-refractivity contribution in [3.63, 3.8) is 0 Å². The van der Waals surface area contributed by atoms with Crippen LogP contribution in [0, 0.1) is 0 Å². The molecule has 0 aliphatic heterocycles. The van der Waals surface area contributed by atoms with E-state index < -0.39 is 11.9 Å². The van der Waals surface area contributed by atoms with Crippen molar-refractivity contribution in [3.05, 3.63) is 77.9 Å². The number of carboxylic acid groups (broad SMARTS) is 2. The van der Waals surface area contributed by atoms with Crippen LogP contribution in [0.5, 0.6) is 0 Å². The van der Waals surface area contributed by atoms with Crippen LogP contribution in [0.15, 0.2) is 66.7 Å². The molecule has 0 heterocycles. The number of carbonyl (C=O) groups is 2. The monoisotopic (exact) mass is 399 g/mol. The molecular weight excluding hydrogens is 370 g/mol. The van der Waals surface area contributed by atoms with Gasteiger partial charge in [0.1, 0.15) is 0 Å². The SMILES string of the molecule is CN(CCCc1ccccc1)CCOC/C=C/c1ccccc1.O=C(O)C(=O)O. The van der Waals surface area contributed by atoms with E-state index in [1.54, 1.807) is 0 Å². The quantitative estimate of drug-likeness (QED) is 0.470. The molecule has 2 rings (SSSR count). The van der Waals surface area contributed by atoms with Crippen molar-refractivity contribution < 1.29 is 24.5 Å². The lowest BCUT2D eigenvalue weighted by atomic mass is 10.1. The van der Waals surface area contributed by atoms with Gasteiger partial charge in [-0.15, -0.1) is 0 Å². The minimum atomic E-state index is -1.82. The van der Waals surface area contributed by atoms with Gasteiger partial charge in [0, 0.05) is 6.54 Å². The molecule has 0 saturated carbocycles. The number of hydrogen-bond acceptors (Lipinski definition) is 4. The molecule has 2 aromatic carbocycles. The highest BCUT2D eigenvalue weighted by atomic mass is 16.5. The van der Waals surface area contributed by atoms with E-state index >= 15 is 0 Å². The maximum atomic E-state index is 9.10. The van der Waals surface area contributed by atoms with Crippen molar-refractivity contribution in [1.29, 1.82) is 0 Å². The maximum Gasteiger partial charge on any atom is 0.414 e. The van der Waals surface area contributed by atoms with Crippen molar-refractivity contribution >= 4 is 18.0 Å². The number of likely N-dealkylation sites (N-methyl/N-ethyl adjacent to an activating group) is 1. The molecule has 0 atom stereocenters. The molecule has 0 aliphatic carbocycles. The molecule has 0 aromatic heterocycles. The van der Waals surface area contributed by atoms with E-state index in [0.29, 0.717) is 6.61 Å². The number of ether oxygens (including phenoxy) is 1. The Morgan fingerprint density at radius 3 is 2.10 bits per heavy atom. The highest BCUT2D eigenvalue weighted by Crippen LogP contribution is 2.03. The van der Waals surface area contributed by atoms with Gasteiger partial charge in [-0.1, -0.05) is 72.8 Å². The van der Waals surface area contributed by atoms with Crippen LogP contribution in [-0.4, -0.2) is 60.4 Å². The Labute approximate surface area is 172 Å². The predicted octanol–water partition coefficient (Wildman–Crippen LogP) is 3.44. The van der Waals surface area contributed by atoms with Gasteiger partial charge in [-0.25, -0.2) is 9.59 Å². The zero-order valence-electron chi connectivity index (χ0n) is 16.7. The van der Waals surface area contributed by atoms with Crippen LogP contribution in [0.4, 0.5) is 0 Å². The first-order valence-electron chi connectivity index (χ1n) is 9.47. The lowest BCUT2D eigenvalue weighted by molar-refractivity contribution is -0.159. The largest absolute Gasteiger partial charge is 0.473 e. The van der Waals surface area contributed by atoms with Gasteiger partial charge in [0.25, 0.3) is 0 Å². The van der Waals surface area contributed by atoms with Gasteiger partial charge >= 0.3 is 11.9 Å². The molecule has 2 N–H and O–H groups in total. The molecule has 156 valence electrons. The summed E-state index contributed by atoms with van der Waals surface area (Å²) >= 11 is 0. The standard InChI is InChI=1S/C21H27NO.C2H2O4/c1-22(16-8-14-20-10-4-2-5-11-20)17-19-23-18-9-15-21-12-6-3-7-13-21;3-1(4)2(5)6/h2-7,9-13,15H,8,14,16-19H2,1H3;(H,3,4)(H,5,6)/b15-9+;. The van der Waals surface area contributed by atoms with Crippen molar-refractivity contribution in [1.82, 2.24) is 4.90 Å². The van der Waals surface area contributed by atoms with Crippen LogP contribution >= 0.6 is 0 Å². The molecule has 0 radical (unpaired) electrons. The van der Waals surface area contributed by atoms with E-state index in [-0.39, 0.29) is 0 Å². The van der Waals surface area contributed by atoms with E-state index in [9.17, 15) is 0 Å². The Balaban J connectivity index is 0.000000612. The molecule has 0 saturated heterocycles. The topological polar surface area (TPSA) is 87.1 Å². The molecule has 0 unspecified atom stereocenters. The van der Waals surface area contributed by atoms with Crippen LogP contribution in [0.25, 0.3) is 6.08 Å². The van der Waals surface area contributed by atoms with Gasteiger partial charge in [0.15, 0.2) is 0 Å². The lowest BCUT2D eigenvalue weighted by Gasteiger charge is -2.16. The molecule has 0 bridgehead atoms. The fourth-order valence-electron chi connectivity index (χ4n) is 2.43. The van der Waals surface area contributed by atoms with Crippen molar-refractivity contribution in [3.8, 4) is 0 Å². The number of nitrogens with zero attached hydrogens (tertiary/aromatic N) is 1. The second-order valence-corrected chi connectivity index (χ2v) is 6.39. The van der Waals surface area contributed by atoms with Gasteiger partial charge in [0.05, 0.1) is 13.2 Å². The first-order chi connectivity index (χ1) is 14.0. The Hall–Kier alpha value is -2.96. The van der Waals surface area contributed by atoms with Gasteiger partial charge in [-0.05, 0) is 37.6 Å². The first kappa shape index (κ1) is 24.1. The van der Waals surface area contributed by atoms with E-state index in [1.165, 1.54) is 17.5 Å². The van der Waals surface area contributed by atoms with E-state index in [0.717, 1.165) is 26.1 Å². The van der Waals surface area contributed by atoms with Crippen LogP contribution in [-0.2, 0) is 20.7 Å². The third-order valence-corrected chi connectivity index (χ3v) is 3.97. The molecule has 0 aliphatic rings. The molecule has 6 nitrogen and oxygen atoms in total. The van der Waals surface area contributed by atoms with Crippen molar-refractivity contribution in [2.24, 2.45) is 0 Å². The molecule has 2 aromatic rings. The fourth-order valence-corrected chi connectivity index (χ4v) is 2.43. The van der Waals surface area contributed by atoms with E-state index in [2.05, 4.69) is 66.6 Å². The molecule has 29 heavy (non-hydrogen) atoms. The number of benzene rings is 2. The summed E-state index contributed by atoms with van der Waals surface area (Å²) in [6.07, 6.45) is 6.51. The number of hydrogen-bond donors (Lipinski definition) is 2.